The largest absolute Gasteiger partial charge is 0.495 e. The first kappa shape index (κ1) is 18.7. The van der Waals surface area contributed by atoms with Crippen molar-refractivity contribution in [1.29, 1.82) is 0 Å². The number of benzene rings is 2. The van der Waals surface area contributed by atoms with Gasteiger partial charge in [0.05, 0.1) is 18.5 Å². The topological polar surface area (TPSA) is 75.7 Å². The van der Waals surface area contributed by atoms with Crippen LogP contribution in [0.4, 0.5) is 11.4 Å². The molecule has 138 valence electrons. The Kier molecular flexibility index (Phi) is 4.98. The number of hydrogen-bond acceptors (Lipinski definition) is 4. The second-order valence-corrected chi connectivity index (χ2v) is 8.71. The molecule has 0 aliphatic carbocycles. The number of hydrogen-bond donors (Lipinski definition) is 1. The Bertz CT molecular complexity index is 989. The lowest BCUT2D eigenvalue weighted by Gasteiger charge is -2.20. The number of sulfonamides is 1. The average Bonchev–Trinajstić information content (AvgIpc) is 2.97. The van der Waals surface area contributed by atoms with Crippen LogP contribution in [0.15, 0.2) is 39.7 Å². The molecule has 0 unspecified atom stereocenters. The maximum absolute atomic E-state index is 13.1. The van der Waals surface area contributed by atoms with Gasteiger partial charge in [-0.2, -0.15) is 0 Å². The quantitative estimate of drug-likeness (QED) is 0.792. The van der Waals surface area contributed by atoms with Gasteiger partial charge in [-0.15, -0.1) is 0 Å². The van der Waals surface area contributed by atoms with Gasteiger partial charge in [0.2, 0.25) is 5.91 Å². The van der Waals surface area contributed by atoms with E-state index in [2.05, 4.69) is 20.7 Å². The van der Waals surface area contributed by atoms with Crippen molar-refractivity contribution in [3.63, 3.8) is 0 Å². The van der Waals surface area contributed by atoms with E-state index < -0.39 is 10.0 Å². The monoisotopic (exact) mass is 438 g/mol. The van der Waals surface area contributed by atoms with Crippen molar-refractivity contribution >= 4 is 43.2 Å². The molecule has 2 aromatic carbocycles. The number of anilines is 2. The number of carbonyl (C=O) groups is 1. The van der Waals surface area contributed by atoms with E-state index in [0.29, 0.717) is 34.6 Å². The lowest BCUT2D eigenvalue weighted by Crippen LogP contribution is -2.28. The fourth-order valence-corrected chi connectivity index (χ4v) is 5.08. The van der Waals surface area contributed by atoms with Gasteiger partial charge in [0.15, 0.2) is 0 Å². The van der Waals surface area contributed by atoms with E-state index >= 15 is 0 Å². The van der Waals surface area contributed by atoms with E-state index in [-0.39, 0.29) is 10.8 Å². The minimum atomic E-state index is -3.93. The molecule has 0 fully saturated rings. The number of halogens is 1. The fourth-order valence-electron chi connectivity index (χ4n) is 3.09. The second kappa shape index (κ2) is 6.92. The zero-order valence-electron chi connectivity index (χ0n) is 14.7. The molecule has 1 aliphatic rings. The van der Waals surface area contributed by atoms with E-state index in [4.69, 9.17) is 4.74 Å². The summed E-state index contributed by atoms with van der Waals surface area (Å²) in [6.45, 7) is 3.77. The Morgan fingerprint density at radius 3 is 2.65 bits per heavy atom. The van der Waals surface area contributed by atoms with Crippen LogP contribution in [0.2, 0.25) is 0 Å². The van der Waals surface area contributed by atoms with Crippen molar-refractivity contribution in [2.75, 3.05) is 23.3 Å². The Morgan fingerprint density at radius 1 is 1.27 bits per heavy atom. The van der Waals surface area contributed by atoms with Gasteiger partial charge in [-0.1, -0.05) is 22.0 Å². The highest BCUT2D eigenvalue weighted by atomic mass is 79.9. The molecule has 26 heavy (non-hydrogen) atoms. The second-order valence-electron chi connectivity index (χ2n) is 6.14. The molecular weight excluding hydrogens is 420 g/mol. The standard InChI is InChI=1S/C18H19BrN2O4S/c1-11-4-5-16(25-3)15(8-11)20-26(23,24)17-10-14(19)9-13-6-7-21(12(2)22)18(13)17/h4-5,8-10,20H,6-7H2,1-3H3. The predicted molar refractivity (Wildman–Crippen MR) is 104 cm³/mol. The van der Waals surface area contributed by atoms with Gasteiger partial charge in [0.1, 0.15) is 10.6 Å². The molecule has 0 radical (unpaired) electrons. The minimum Gasteiger partial charge on any atom is -0.495 e. The number of fused-ring (bicyclic) bond motifs is 1. The summed E-state index contributed by atoms with van der Waals surface area (Å²) < 4.78 is 34.8. The summed E-state index contributed by atoms with van der Waals surface area (Å²) in [6, 6.07) is 8.62. The van der Waals surface area contributed by atoms with Crippen LogP contribution < -0.4 is 14.4 Å². The van der Waals surface area contributed by atoms with Crippen LogP contribution in [-0.4, -0.2) is 28.0 Å². The molecular formula is C18H19BrN2O4S. The van der Waals surface area contributed by atoms with Crippen LogP contribution >= 0.6 is 15.9 Å². The van der Waals surface area contributed by atoms with E-state index in [1.165, 1.54) is 25.0 Å². The molecule has 1 N–H and O–H groups in total. The smallest absolute Gasteiger partial charge is 0.264 e. The summed E-state index contributed by atoms with van der Waals surface area (Å²) in [4.78, 5) is 13.5. The van der Waals surface area contributed by atoms with Crippen LogP contribution in [0.25, 0.3) is 0 Å². The summed E-state index contributed by atoms with van der Waals surface area (Å²) in [5, 5.41) is 0. The first-order valence-electron chi connectivity index (χ1n) is 8.01. The summed E-state index contributed by atoms with van der Waals surface area (Å²) in [7, 11) is -2.45. The minimum absolute atomic E-state index is 0.0677. The van der Waals surface area contributed by atoms with E-state index in [9.17, 15) is 13.2 Å². The van der Waals surface area contributed by atoms with Crippen molar-refractivity contribution < 1.29 is 17.9 Å². The van der Waals surface area contributed by atoms with Crippen molar-refractivity contribution in [2.24, 2.45) is 0 Å². The molecule has 0 spiro atoms. The fraction of sp³-hybridized carbons (Fsp3) is 0.278. The Morgan fingerprint density at radius 2 is 2.00 bits per heavy atom. The SMILES string of the molecule is COc1ccc(C)cc1NS(=O)(=O)c1cc(Br)cc2c1N(C(C)=O)CC2. The summed E-state index contributed by atoms with van der Waals surface area (Å²) in [5.41, 5.74) is 2.52. The molecule has 0 saturated heterocycles. The van der Waals surface area contributed by atoms with Gasteiger partial charge in [0, 0.05) is 17.9 Å². The molecule has 1 aliphatic heterocycles. The molecule has 6 nitrogen and oxygen atoms in total. The molecule has 1 amide bonds. The Balaban J connectivity index is 2.12. The van der Waals surface area contributed by atoms with Gasteiger partial charge < -0.3 is 9.64 Å². The number of nitrogens with one attached hydrogen (secondary N) is 1. The lowest BCUT2D eigenvalue weighted by atomic mass is 10.2. The Labute approximate surface area is 161 Å². The number of rotatable bonds is 4. The molecule has 0 atom stereocenters. The normalized spacial score (nSPS) is 13.5. The first-order valence-corrected chi connectivity index (χ1v) is 10.3. The highest BCUT2D eigenvalue weighted by molar-refractivity contribution is 9.10. The molecule has 0 bridgehead atoms. The molecule has 1 heterocycles. The van der Waals surface area contributed by atoms with Crippen molar-refractivity contribution in [1.82, 2.24) is 0 Å². The predicted octanol–water partition coefficient (Wildman–Crippen LogP) is 3.48. The molecule has 0 saturated carbocycles. The zero-order valence-corrected chi connectivity index (χ0v) is 17.1. The maximum atomic E-state index is 13.1. The highest BCUT2D eigenvalue weighted by Crippen LogP contribution is 2.39. The van der Waals surface area contributed by atoms with Gasteiger partial charge in [0.25, 0.3) is 10.0 Å². The zero-order chi connectivity index (χ0) is 19.1. The van der Waals surface area contributed by atoms with Crippen molar-refractivity contribution in [2.45, 2.75) is 25.2 Å². The molecule has 3 rings (SSSR count). The third-order valence-electron chi connectivity index (χ3n) is 4.26. The summed E-state index contributed by atoms with van der Waals surface area (Å²) in [6.07, 6.45) is 0.616. The van der Waals surface area contributed by atoms with Gasteiger partial charge in [-0.25, -0.2) is 8.42 Å². The average molecular weight is 439 g/mol. The molecule has 0 aromatic heterocycles. The number of carbonyl (C=O) groups excluding carboxylic acids is 1. The number of aryl methyl sites for hydroxylation is 1. The van der Waals surface area contributed by atoms with E-state index in [1.54, 1.807) is 12.1 Å². The number of nitrogens with zero attached hydrogens (tertiary/aromatic N) is 1. The Hall–Kier alpha value is -2.06. The highest BCUT2D eigenvalue weighted by Gasteiger charge is 2.31. The third-order valence-corrected chi connectivity index (χ3v) is 6.10. The third kappa shape index (κ3) is 3.43. The van der Waals surface area contributed by atoms with Gasteiger partial charge in [-0.3, -0.25) is 9.52 Å². The molecule has 2 aromatic rings. The van der Waals surface area contributed by atoms with Crippen LogP contribution in [0.5, 0.6) is 5.75 Å². The van der Waals surface area contributed by atoms with Gasteiger partial charge >= 0.3 is 0 Å². The van der Waals surface area contributed by atoms with E-state index in [1.807, 2.05) is 19.1 Å². The maximum Gasteiger partial charge on any atom is 0.264 e. The van der Waals surface area contributed by atoms with Crippen LogP contribution in [-0.2, 0) is 21.2 Å². The van der Waals surface area contributed by atoms with E-state index in [0.717, 1.165) is 11.1 Å². The summed E-state index contributed by atoms with van der Waals surface area (Å²) in [5.74, 6) is 0.241. The summed E-state index contributed by atoms with van der Waals surface area (Å²) >= 11 is 3.37. The first-order chi connectivity index (χ1) is 12.2. The number of methoxy groups -OCH3 is 1. The van der Waals surface area contributed by atoms with Crippen molar-refractivity contribution in [3.05, 3.63) is 45.9 Å². The van der Waals surface area contributed by atoms with Crippen LogP contribution in [0.1, 0.15) is 18.1 Å². The number of ether oxygens (including phenoxy) is 1. The van der Waals surface area contributed by atoms with Crippen LogP contribution in [0, 0.1) is 6.92 Å². The molecule has 8 heteroatoms. The number of amides is 1. The van der Waals surface area contributed by atoms with Gasteiger partial charge in [-0.05, 0) is 48.7 Å². The van der Waals surface area contributed by atoms with Crippen molar-refractivity contribution in [3.8, 4) is 5.75 Å². The van der Waals surface area contributed by atoms with Crippen LogP contribution in [0.3, 0.4) is 0 Å². The lowest BCUT2D eigenvalue weighted by molar-refractivity contribution is -0.116.